The Morgan fingerprint density at radius 1 is 1.03 bits per heavy atom. The van der Waals surface area contributed by atoms with Gasteiger partial charge in [-0.1, -0.05) is 35.4 Å². The maximum absolute atomic E-state index is 13.3. The van der Waals surface area contributed by atoms with Crippen LogP contribution in [0.25, 0.3) is 11.5 Å². The summed E-state index contributed by atoms with van der Waals surface area (Å²) in [4.78, 5) is 17.4. The quantitative estimate of drug-likeness (QED) is 0.472. The van der Waals surface area contributed by atoms with Crippen molar-refractivity contribution in [3.63, 3.8) is 0 Å². The molecule has 180 valence electrons. The second kappa shape index (κ2) is 9.72. The average molecular weight is 483 g/mol. The van der Waals surface area contributed by atoms with E-state index in [1.54, 1.807) is 0 Å². The maximum atomic E-state index is 13.3. The van der Waals surface area contributed by atoms with Crippen LogP contribution in [0.2, 0.25) is 0 Å². The van der Waals surface area contributed by atoms with Crippen LogP contribution in [0.5, 0.6) is 0 Å². The molecule has 1 aliphatic rings. The molecule has 7 nitrogen and oxygen atoms in total. The lowest BCUT2D eigenvalue weighted by molar-refractivity contribution is -0.151. The van der Waals surface area contributed by atoms with E-state index < -0.39 is 10.0 Å². The van der Waals surface area contributed by atoms with Crippen LogP contribution in [-0.2, 0) is 26.2 Å². The first-order valence-electron chi connectivity index (χ1n) is 11.4. The minimum atomic E-state index is -3.61. The van der Waals surface area contributed by atoms with Crippen LogP contribution in [0.1, 0.15) is 40.8 Å². The lowest BCUT2D eigenvalue weighted by atomic mass is 9.98. The van der Waals surface area contributed by atoms with E-state index in [1.807, 2.05) is 64.1 Å². The van der Waals surface area contributed by atoms with Gasteiger partial charge in [-0.15, -0.1) is 0 Å². The third kappa shape index (κ3) is 5.08. The molecule has 0 atom stereocenters. The Labute approximate surface area is 200 Å². The van der Waals surface area contributed by atoms with Crippen molar-refractivity contribution in [2.75, 3.05) is 13.1 Å². The number of aromatic nitrogens is 1. The van der Waals surface area contributed by atoms with Gasteiger partial charge in [0.15, 0.2) is 0 Å². The monoisotopic (exact) mass is 482 g/mol. The molecular weight excluding hydrogens is 452 g/mol. The van der Waals surface area contributed by atoms with Crippen molar-refractivity contribution >= 4 is 16.0 Å². The summed E-state index contributed by atoms with van der Waals surface area (Å²) in [5, 5.41) is 0. The SMILES string of the molecule is Cc1ccc(-c2nc(COC(=O)C3CCN(S(=O)(=O)c4c(C)cc(C)cc4C)CC3)co2)cc1. The molecule has 0 amide bonds. The number of sulfonamides is 1. The summed E-state index contributed by atoms with van der Waals surface area (Å²) in [6, 6.07) is 11.6. The van der Waals surface area contributed by atoms with E-state index in [0.29, 0.717) is 29.3 Å². The van der Waals surface area contributed by atoms with Crippen LogP contribution in [-0.4, -0.2) is 36.8 Å². The molecule has 1 saturated heterocycles. The molecule has 1 fully saturated rings. The lowest BCUT2D eigenvalue weighted by Gasteiger charge is -2.31. The number of ether oxygens (including phenoxy) is 1. The van der Waals surface area contributed by atoms with Gasteiger partial charge >= 0.3 is 5.97 Å². The number of carbonyl (C=O) groups excluding carboxylic acids is 1. The molecule has 1 aromatic heterocycles. The number of esters is 1. The first kappa shape index (κ1) is 24.2. The number of aryl methyl sites for hydroxylation is 4. The van der Waals surface area contributed by atoms with Gasteiger partial charge < -0.3 is 9.15 Å². The number of hydrogen-bond acceptors (Lipinski definition) is 6. The van der Waals surface area contributed by atoms with Crippen LogP contribution in [0.15, 0.2) is 52.0 Å². The fraction of sp³-hybridized carbons (Fsp3) is 0.385. The molecule has 0 N–H and O–H groups in total. The fourth-order valence-corrected chi connectivity index (χ4v) is 6.38. The Kier molecular flexibility index (Phi) is 6.91. The van der Waals surface area contributed by atoms with E-state index in [1.165, 1.54) is 10.6 Å². The minimum Gasteiger partial charge on any atom is -0.459 e. The van der Waals surface area contributed by atoms with Gasteiger partial charge in [-0.05, 0) is 63.8 Å². The summed E-state index contributed by atoms with van der Waals surface area (Å²) < 4.78 is 39.0. The van der Waals surface area contributed by atoms with Crippen LogP contribution >= 0.6 is 0 Å². The number of hydrogen-bond donors (Lipinski definition) is 0. The number of benzene rings is 2. The second-order valence-electron chi connectivity index (χ2n) is 9.02. The molecule has 4 rings (SSSR count). The molecule has 3 aromatic rings. The number of piperidine rings is 1. The van der Waals surface area contributed by atoms with Crippen LogP contribution in [0.4, 0.5) is 0 Å². The molecule has 0 unspecified atom stereocenters. The van der Waals surface area contributed by atoms with E-state index in [9.17, 15) is 13.2 Å². The molecule has 34 heavy (non-hydrogen) atoms. The van der Waals surface area contributed by atoms with E-state index in [4.69, 9.17) is 9.15 Å². The van der Waals surface area contributed by atoms with Crippen LogP contribution in [0, 0.1) is 33.6 Å². The third-order valence-electron chi connectivity index (χ3n) is 6.20. The topological polar surface area (TPSA) is 89.7 Å². The number of carbonyl (C=O) groups is 1. The summed E-state index contributed by atoms with van der Waals surface area (Å²) in [6.07, 6.45) is 2.34. The average Bonchev–Trinajstić information content (AvgIpc) is 3.26. The molecule has 0 saturated carbocycles. The predicted octanol–water partition coefficient (Wildman–Crippen LogP) is 4.72. The minimum absolute atomic E-state index is 0.0223. The van der Waals surface area contributed by atoms with E-state index in [0.717, 1.165) is 27.8 Å². The highest BCUT2D eigenvalue weighted by Crippen LogP contribution is 2.29. The second-order valence-corrected chi connectivity index (χ2v) is 10.9. The Balaban J connectivity index is 1.33. The molecule has 0 radical (unpaired) electrons. The van der Waals surface area contributed by atoms with Crippen molar-refractivity contribution in [2.24, 2.45) is 5.92 Å². The first-order valence-corrected chi connectivity index (χ1v) is 12.8. The van der Waals surface area contributed by atoms with Crippen LogP contribution in [0.3, 0.4) is 0 Å². The van der Waals surface area contributed by atoms with Crippen molar-refractivity contribution in [1.29, 1.82) is 0 Å². The molecule has 0 aliphatic carbocycles. The van der Waals surface area contributed by atoms with Gasteiger partial charge in [0.1, 0.15) is 18.6 Å². The predicted molar refractivity (Wildman–Crippen MR) is 129 cm³/mol. The third-order valence-corrected chi connectivity index (χ3v) is 8.41. The summed E-state index contributed by atoms with van der Waals surface area (Å²) in [5.74, 6) is -0.194. The Morgan fingerprint density at radius 3 is 2.26 bits per heavy atom. The van der Waals surface area contributed by atoms with Gasteiger partial charge in [0.25, 0.3) is 0 Å². The van der Waals surface area contributed by atoms with Crippen molar-refractivity contribution < 1.29 is 22.4 Å². The van der Waals surface area contributed by atoms with Gasteiger partial charge in [-0.3, -0.25) is 4.79 Å². The number of rotatable bonds is 6. The largest absolute Gasteiger partial charge is 0.459 e. The van der Waals surface area contributed by atoms with Crippen molar-refractivity contribution in [1.82, 2.24) is 9.29 Å². The zero-order valence-electron chi connectivity index (χ0n) is 20.0. The summed E-state index contributed by atoms with van der Waals surface area (Å²) >= 11 is 0. The van der Waals surface area contributed by atoms with Gasteiger partial charge in [-0.25, -0.2) is 13.4 Å². The zero-order valence-corrected chi connectivity index (χ0v) is 20.8. The van der Waals surface area contributed by atoms with Crippen molar-refractivity contribution in [3.05, 3.63) is 70.6 Å². The highest BCUT2D eigenvalue weighted by Gasteiger charge is 2.34. The molecule has 2 heterocycles. The van der Waals surface area contributed by atoms with Gasteiger partial charge in [0.2, 0.25) is 15.9 Å². The normalized spacial score (nSPS) is 15.4. The highest BCUT2D eigenvalue weighted by molar-refractivity contribution is 7.89. The maximum Gasteiger partial charge on any atom is 0.309 e. The Morgan fingerprint density at radius 2 is 1.65 bits per heavy atom. The molecule has 8 heteroatoms. The van der Waals surface area contributed by atoms with Gasteiger partial charge in [-0.2, -0.15) is 4.31 Å². The Hall–Kier alpha value is -2.97. The Bertz CT molecular complexity index is 1260. The standard InChI is InChI=1S/C26H30N2O5S/c1-17-5-7-21(8-6-17)25-27-23(15-32-25)16-33-26(29)22-9-11-28(12-10-22)34(30,31)24-19(3)13-18(2)14-20(24)4/h5-8,13-15,22H,9-12,16H2,1-4H3. The molecule has 1 aliphatic heterocycles. The van der Waals surface area contributed by atoms with Crippen molar-refractivity contribution in [2.45, 2.75) is 52.0 Å². The zero-order chi connectivity index (χ0) is 24.5. The molecule has 2 aromatic carbocycles. The lowest BCUT2D eigenvalue weighted by Crippen LogP contribution is -2.41. The number of oxazole rings is 1. The van der Waals surface area contributed by atoms with Crippen LogP contribution < -0.4 is 0 Å². The summed E-state index contributed by atoms with van der Waals surface area (Å²) in [5.41, 5.74) is 5.07. The highest BCUT2D eigenvalue weighted by atomic mass is 32.2. The molecule has 0 bridgehead atoms. The summed E-state index contributed by atoms with van der Waals surface area (Å²) in [7, 11) is -3.61. The van der Waals surface area contributed by atoms with Crippen molar-refractivity contribution in [3.8, 4) is 11.5 Å². The van der Waals surface area contributed by atoms with E-state index >= 15 is 0 Å². The van der Waals surface area contributed by atoms with E-state index in [-0.39, 0.29) is 31.6 Å². The van der Waals surface area contributed by atoms with Gasteiger partial charge in [0, 0.05) is 18.7 Å². The fourth-order valence-electron chi connectivity index (χ4n) is 4.50. The summed E-state index contributed by atoms with van der Waals surface area (Å²) in [6.45, 7) is 8.21. The van der Waals surface area contributed by atoms with E-state index in [2.05, 4.69) is 4.98 Å². The van der Waals surface area contributed by atoms with Gasteiger partial charge in [0.05, 0.1) is 10.8 Å². The molecule has 0 spiro atoms. The first-order chi connectivity index (χ1) is 16.1. The molecular formula is C26H30N2O5S. The number of nitrogens with zero attached hydrogens (tertiary/aromatic N) is 2. The smallest absolute Gasteiger partial charge is 0.309 e.